The fourth-order valence-corrected chi connectivity index (χ4v) is 14.2. The molecule has 2 spiro atoms. The van der Waals surface area contributed by atoms with Gasteiger partial charge in [0.15, 0.2) is 12.6 Å². The van der Waals surface area contributed by atoms with Gasteiger partial charge in [-0.2, -0.15) is 0 Å². The number of rotatable bonds is 10. The molecule has 0 bridgehead atoms. The molecule has 0 aromatic heterocycles. The molecule has 5 saturated carbocycles. The molecule has 0 amide bonds. The quantitative estimate of drug-likeness (QED) is 0.136. The van der Waals surface area contributed by atoms with Crippen LogP contribution in [0.1, 0.15) is 106 Å². The largest absolute Gasteiger partial charge is 0.394 e. The van der Waals surface area contributed by atoms with E-state index in [-0.39, 0.29) is 51.9 Å². The molecule has 14 heteroatoms. The SMILES string of the molecule is C[C@H](CC[C@H](O)C(C)(C)O)C1[C@@H](O)C[C@@]2(C)C3C[C@H](OC4OC(CO)C(O)C(O)C4O)C4C(C)(C)[C@@H](OC5OCC(O)C(O)C5O)CC[C@@]45C[C@@]35CC[C@]12C. The van der Waals surface area contributed by atoms with Gasteiger partial charge in [-0.15, -0.1) is 0 Å². The van der Waals surface area contributed by atoms with E-state index < -0.39 is 97.3 Å². The summed E-state index contributed by atoms with van der Waals surface area (Å²) in [5.74, 6) is 0.0163. The predicted octanol–water partition coefficient (Wildman–Crippen LogP) is 0.564. The number of aliphatic hydroxyl groups is 10. The van der Waals surface area contributed by atoms with Gasteiger partial charge in [-0.1, -0.05) is 34.6 Å². The van der Waals surface area contributed by atoms with Gasteiger partial charge in [0.2, 0.25) is 0 Å². The zero-order valence-corrected chi connectivity index (χ0v) is 33.7. The molecule has 0 aromatic carbocycles. The van der Waals surface area contributed by atoms with Crippen LogP contribution in [-0.4, -0.2) is 150 Å². The highest BCUT2D eigenvalue weighted by Gasteiger charge is 2.84. The number of fused-ring (bicyclic) bond motifs is 2. The Balaban J connectivity index is 1.22. The van der Waals surface area contributed by atoms with Crippen LogP contribution in [0.25, 0.3) is 0 Å². The van der Waals surface area contributed by atoms with Gasteiger partial charge in [0.25, 0.3) is 0 Å². The molecule has 2 aliphatic heterocycles. The van der Waals surface area contributed by atoms with E-state index in [4.69, 9.17) is 18.9 Å². The molecule has 5 aliphatic carbocycles. The number of hydrogen-bond donors (Lipinski definition) is 10. The minimum absolute atomic E-state index is 0.0301. The van der Waals surface area contributed by atoms with Crippen LogP contribution < -0.4 is 0 Å². The minimum Gasteiger partial charge on any atom is -0.394 e. The standard InChI is InChI=1S/C41H70O14/c1-19(8-9-25(45)37(4,5)51)27-20(43)15-39(7)24-14-22(53-35-32(50)30(48)29(47)23(16-42)54-35)33-36(2,3)26(55-34-31(49)28(46)21(44)17-52-34)10-11-41(33)18-40(24,41)13-12-38(27,39)6/h19-35,42-51H,8-18H2,1-7H3/t19-,20+,21?,22+,23?,24?,25+,26+,27?,28?,29?,30?,31?,32?,33?,34?,35?,38-,39+,40+,41-/m1/s1. The van der Waals surface area contributed by atoms with E-state index in [0.29, 0.717) is 32.1 Å². The molecular weight excluding hydrogens is 716 g/mol. The minimum atomic E-state index is -1.60. The fraction of sp³-hybridized carbons (Fsp3) is 1.00. The summed E-state index contributed by atoms with van der Waals surface area (Å²) in [6, 6.07) is 0. The summed E-state index contributed by atoms with van der Waals surface area (Å²) < 4.78 is 25.1. The van der Waals surface area contributed by atoms with Crippen LogP contribution in [0.2, 0.25) is 0 Å². The van der Waals surface area contributed by atoms with Crippen LogP contribution in [0.4, 0.5) is 0 Å². The Hall–Kier alpha value is -0.560. The van der Waals surface area contributed by atoms with Crippen LogP contribution in [0.5, 0.6) is 0 Å². The lowest BCUT2D eigenvalue weighted by Crippen LogP contribution is -2.65. The molecule has 0 radical (unpaired) electrons. The van der Waals surface area contributed by atoms with Crippen molar-refractivity contribution < 1.29 is 70.0 Å². The van der Waals surface area contributed by atoms with Crippen molar-refractivity contribution in [2.24, 2.45) is 50.7 Å². The summed E-state index contributed by atoms with van der Waals surface area (Å²) in [7, 11) is 0. The highest BCUT2D eigenvalue weighted by Crippen LogP contribution is 2.89. The molecule has 12 unspecified atom stereocenters. The second-order valence-electron chi connectivity index (χ2n) is 20.7. The maximum Gasteiger partial charge on any atom is 0.186 e. The molecule has 7 rings (SSSR count). The lowest BCUT2D eigenvalue weighted by Gasteiger charge is -2.65. The van der Waals surface area contributed by atoms with Gasteiger partial charge in [-0.05, 0) is 122 Å². The number of aliphatic hydroxyl groups excluding tert-OH is 9. The summed E-state index contributed by atoms with van der Waals surface area (Å²) in [4.78, 5) is 0. The molecule has 10 N–H and O–H groups in total. The first-order valence-electron chi connectivity index (χ1n) is 20.9. The normalized spacial score (nSPS) is 54.4. The van der Waals surface area contributed by atoms with Crippen LogP contribution in [-0.2, 0) is 18.9 Å². The van der Waals surface area contributed by atoms with Gasteiger partial charge in [0, 0.05) is 0 Å². The first-order valence-corrected chi connectivity index (χ1v) is 20.9. The second kappa shape index (κ2) is 14.3. The molecule has 7 fully saturated rings. The Morgan fingerprint density at radius 1 is 0.782 bits per heavy atom. The molecule has 14 nitrogen and oxygen atoms in total. The third-order valence-corrected chi connectivity index (χ3v) is 17.3. The Labute approximate surface area is 325 Å². The third kappa shape index (κ3) is 6.33. The van der Waals surface area contributed by atoms with Crippen molar-refractivity contribution in [1.29, 1.82) is 0 Å². The molecule has 2 heterocycles. The van der Waals surface area contributed by atoms with Crippen molar-refractivity contribution in [2.45, 2.75) is 192 Å². The van der Waals surface area contributed by atoms with Crippen LogP contribution >= 0.6 is 0 Å². The first kappa shape index (κ1) is 42.6. The van der Waals surface area contributed by atoms with Gasteiger partial charge < -0.3 is 70.0 Å². The molecule has 318 valence electrons. The van der Waals surface area contributed by atoms with Crippen molar-refractivity contribution in [3.8, 4) is 0 Å². The monoisotopic (exact) mass is 786 g/mol. The Morgan fingerprint density at radius 2 is 1.45 bits per heavy atom. The molecular formula is C41H70O14. The summed E-state index contributed by atoms with van der Waals surface area (Å²) in [6.45, 7) is 13.5. The maximum absolute atomic E-state index is 12.0. The second-order valence-corrected chi connectivity index (χ2v) is 20.7. The molecule has 7 aliphatic rings. The smallest absolute Gasteiger partial charge is 0.186 e. The number of ether oxygens (including phenoxy) is 4. The Kier molecular flexibility index (Phi) is 11.1. The summed E-state index contributed by atoms with van der Waals surface area (Å²) in [6.07, 6.45) is -8.32. The average molecular weight is 787 g/mol. The summed E-state index contributed by atoms with van der Waals surface area (Å²) in [5, 5.41) is 107. The van der Waals surface area contributed by atoms with E-state index in [9.17, 15) is 51.1 Å². The Morgan fingerprint density at radius 3 is 2.11 bits per heavy atom. The highest BCUT2D eigenvalue weighted by molar-refractivity contribution is 5.32. The van der Waals surface area contributed by atoms with Crippen molar-refractivity contribution >= 4 is 0 Å². The third-order valence-electron chi connectivity index (χ3n) is 17.3. The van der Waals surface area contributed by atoms with Crippen molar-refractivity contribution in [3.05, 3.63) is 0 Å². The van der Waals surface area contributed by atoms with Crippen molar-refractivity contribution in [3.63, 3.8) is 0 Å². The van der Waals surface area contributed by atoms with Gasteiger partial charge in [-0.25, -0.2) is 0 Å². The van der Waals surface area contributed by atoms with Crippen LogP contribution in [0.15, 0.2) is 0 Å². The summed E-state index contributed by atoms with van der Waals surface area (Å²) >= 11 is 0. The van der Waals surface area contributed by atoms with Gasteiger partial charge in [0.1, 0.15) is 42.7 Å². The fourth-order valence-electron chi connectivity index (χ4n) is 14.2. The topological polar surface area (TPSA) is 239 Å². The maximum atomic E-state index is 12.0. The van der Waals surface area contributed by atoms with Gasteiger partial charge in [0.05, 0.1) is 43.2 Å². The molecule has 2 saturated heterocycles. The van der Waals surface area contributed by atoms with Gasteiger partial charge >= 0.3 is 0 Å². The van der Waals surface area contributed by atoms with E-state index in [1.165, 1.54) is 0 Å². The van der Waals surface area contributed by atoms with Crippen molar-refractivity contribution in [1.82, 2.24) is 0 Å². The predicted molar refractivity (Wildman–Crippen MR) is 196 cm³/mol. The van der Waals surface area contributed by atoms with E-state index in [2.05, 4.69) is 34.6 Å². The Bertz CT molecular complexity index is 1390. The highest BCUT2D eigenvalue weighted by atomic mass is 16.7. The lowest BCUT2D eigenvalue weighted by atomic mass is 9.41. The molecule has 21 atom stereocenters. The van der Waals surface area contributed by atoms with E-state index in [1.807, 2.05) is 0 Å². The lowest BCUT2D eigenvalue weighted by molar-refractivity contribution is -0.338. The van der Waals surface area contributed by atoms with E-state index in [1.54, 1.807) is 13.8 Å². The zero-order chi connectivity index (χ0) is 40.4. The van der Waals surface area contributed by atoms with E-state index >= 15 is 0 Å². The zero-order valence-electron chi connectivity index (χ0n) is 33.7. The molecule has 55 heavy (non-hydrogen) atoms. The van der Waals surface area contributed by atoms with Gasteiger partial charge in [-0.3, -0.25) is 0 Å². The molecule has 0 aromatic rings. The number of hydrogen-bond acceptors (Lipinski definition) is 14. The summed E-state index contributed by atoms with van der Waals surface area (Å²) in [5.41, 5.74) is -2.64. The average Bonchev–Trinajstić information content (AvgIpc) is 3.71. The first-order chi connectivity index (χ1) is 25.5. The van der Waals surface area contributed by atoms with Crippen LogP contribution in [0, 0.1) is 50.7 Å². The van der Waals surface area contributed by atoms with Crippen molar-refractivity contribution in [2.75, 3.05) is 13.2 Å². The van der Waals surface area contributed by atoms with E-state index in [0.717, 1.165) is 25.7 Å². The van der Waals surface area contributed by atoms with Crippen LogP contribution in [0.3, 0.4) is 0 Å².